The van der Waals surface area contributed by atoms with Crippen molar-refractivity contribution in [3.8, 4) is 5.75 Å². The largest absolute Gasteiger partial charge is 0.497 e. The quantitative estimate of drug-likeness (QED) is 0.588. The SMILES string of the molecule is COc1ccc(SC(C)C(=O)NC2(c3noc(C)n3)CCCCCC2)cc1. The average molecular weight is 390 g/mol. The Kier molecular flexibility index (Phi) is 6.42. The molecule has 1 aromatic heterocycles. The first-order chi connectivity index (χ1) is 13.0. The van der Waals surface area contributed by atoms with E-state index in [1.54, 1.807) is 14.0 Å². The van der Waals surface area contributed by atoms with Gasteiger partial charge in [0.25, 0.3) is 0 Å². The third kappa shape index (κ3) is 4.83. The Morgan fingerprint density at radius 1 is 1.22 bits per heavy atom. The smallest absolute Gasteiger partial charge is 0.234 e. The highest BCUT2D eigenvalue weighted by atomic mass is 32.2. The van der Waals surface area contributed by atoms with Crippen LogP contribution in [-0.4, -0.2) is 28.4 Å². The molecule has 1 heterocycles. The van der Waals surface area contributed by atoms with Crippen molar-refractivity contribution < 1.29 is 14.1 Å². The maximum Gasteiger partial charge on any atom is 0.234 e. The molecule has 3 rings (SSSR count). The van der Waals surface area contributed by atoms with Crippen LogP contribution in [0.3, 0.4) is 0 Å². The van der Waals surface area contributed by atoms with Crippen LogP contribution in [-0.2, 0) is 10.3 Å². The van der Waals surface area contributed by atoms with Crippen molar-refractivity contribution in [1.29, 1.82) is 0 Å². The molecule has 0 spiro atoms. The highest BCUT2D eigenvalue weighted by Gasteiger charge is 2.39. The summed E-state index contributed by atoms with van der Waals surface area (Å²) in [5.74, 6) is 1.95. The van der Waals surface area contributed by atoms with E-state index in [4.69, 9.17) is 9.26 Å². The van der Waals surface area contributed by atoms with Crippen LogP contribution in [0, 0.1) is 6.92 Å². The van der Waals surface area contributed by atoms with Gasteiger partial charge in [-0.15, -0.1) is 11.8 Å². The van der Waals surface area contributed by atoms with Crippen molar-refractivity contribution in [2.24, 2.45) is 0 Å². The third-order valence-corrected chi connectivity index (χ3v) is 6.13. The molecule has 0 aliphatic heterocycles. The number of nitrogens with zero attached hydrogens (tertiary/aromatic N) is 2. The van der Waals surface area contributed by atoms with Gasteiger partial charge in [0, 0.05) is 11.8 Å². The van der Waals surface area contributed by atoms with Crippen LogP contribution < -0.4 is 10.1 Å². The number of carbonyl (C=O) groups is 1. The lowest BCUT2D eigenvalue weighted by atomic mass is 9.89. The Balaban J connectivity index is 1.73. The van der Waals surface area contributed by atoms with Gasteiger partial charge in [-0.3, -0.25) is 4.79 Å². The zero-order valence-electron chi connectivity index (χ0n) is 16.2. The van der Waals surface area contributed by atoms with E-state index in [0.29, 0.717) is 11.7 Å². The summed E-state index contributed by atoms with van der Waals surface area (Å²) in [6.07, 6.45) is 6.13. The Morgan fingerprint density at radius 2 is 1.89 bits per heavy atom. The number of hydrogen-bond acceptors (Lipinski definition) is 6. The lowest BCUT2D eigenvalue weighted by Gasteiger charge is -2.31. The van der Waals surface area contributed by atoms with Gasteiger partial charge in [0.1, 0.15) is 11.3 Å². The normalized spacial score (nSPS) is 17.7. The number of aromatic nitrogens is 2. The number of nitrogens with one attached hydrogen (secondary N) is 1. The molecule has 1 N–H and O–H groups in total. The molecule has 0 bridgehead atoms. The molecule has 1 atom stereocenters. The number of methoxy groups -OCH3 is 1. The lowest BCUT2D eigenvalue weighted by molar-refractivity contribution is -0.122. The standard InChI is InChI=1S/C20H27N3O3S/c1-14(27-17-10-8-16(25-3)9-11-17)18(24)22-20(12-6-4-5-7-13-20)19-21-15(2)26-23-19/h8-11,14H,4-7,12-13H2,1-3H3,(H,22,24). The molecule has 6 nitrogen and oxygen atoms in total. The van der Waals surface area contributed by atoms with E-state index in [9.17, 15) is 4.79 Å². The molecular formula is C20H27N3O3S. The Hall–Kier alpha value is -2.02. The number of benzene rings is 1. The summed E-state index contributed by atoms with van der Waals surface area (Å²) >= 11 is 1.53. The van der Waals surface area contributed by atoms with Gasteiger partial charge in [0.2, 0.25) is 11.8 Å². The summed E-state index contributed by atoms with van der Waals surface area (Å²) in [6.45, 7) is 3.71. The minimum Gasteiger partial charge on any atom is -0.497 e. The molecule has 1 unspecified atom stereocenters. The minimum absolute atomic E-state index is 0.000158. The van der Waals surface area contributed by atoms with Crippen molar-refractivity contribution in [2.45, 2.75) is 68.1 Å². The van der Waals surface area contributed by atoms with E-state index in [2.05, 4.69) is 15.5 Å². The maximum atomic E-state index is 13.0. The highest BCUT2D eigenvalue weighted by Crippen LogP contribution is 2.35. The first-order valence-electron chi connectivity index (χ1n) is 9.46. The van der Waals surface area contributed by atoms with Gasteiger partial charge < -0.3 is 14.6 Å². The monoisotopic (exact) mass is 389 g/mol. The van der Waals surface area contributed by atoms with E-state index >= 15 is 0 Å². The van der Waals surface area contributed by atoms with E-state index in [1.807, 2.05) is 31.2 Å². The first kappa shape index (κ1) is 19.7. The van der Waals surface area contributed by atoms with E-state index in [0.717, 1.165) is 36.3 Å². The van der Waals surface area contributed by atoms with Crippen molar-refractivity contribution in [3.63, 3.8) is 0 Å². The fraction of sp³-hybridized carbons (Fsp3) is 0.550. The van der Waals surface area contributed by atoms with Gasteiger partial charge in [-0.25, -0.2) is 0 Å². The minimum atomic E-state index is -0.528. The predicted molar refractivity (Wildman–Crippen MR) is 105 cm³/mol. The molecule has 1 fully saturated rings. The first-order valence-corrected chi connectivity index (χ1v) is 10.3. The fourth-order valence-corrected chi connectivity index (χ4v) is 4.35. The lowest BCUT2D eigenvalue weighted by Crippen LogP contribution is -2.49. The fourth-order valence-electron chi connectivity index (χ4n) is 3.48. The molecule has 1 aliphatic carbocycles. The number of amides is 1. The van der Waals surface area contributed by atoms with E-state index in [1.165, 1.54) is 24.6 Å². The molecule has 1 aromatic carbocycles. The zero-order chi connectivity index (χ0) is 19.3. The number of hydrogen-bond donors (Lipinski definition) is 1. The van der Waals surface area contributed by atoms with Crippen molar-refractivity contribution in [3.05, 3.63) is 36.0 Å². The molecule has 7 heteroatoms. The topological polar surface area (TPSA) is 77.2 Å². The Labute approximate surface area is 164 Å². The zero-order valence-corrected chi connectivity index (χ0v) is 17.0. The van der Waals surface area contributed by atoms with Crippen LogP contribution in [0.1, 0.15) is 57.2 Å². The summed E-state index contributed by atoms with van der Waals surface area (Å²) in [6, 6.07) is 7.75. The van der Waals surface area contributed by atoms with Gasteiger partial charge in [0.15, 0.2) is 5.82 Å². The second-order valence-electron chi connectivity index (χ2n) is 7.06. The molecule has 0 saturated heterocycles. The summed E-state index contributed by atoms with van der Waals surface area (Å²) in [7, 11) is 1.64. The predicted octanol–water partition coefficient (Wildman–Crippen LogP) is 4.23. The van der Waals surface area contributed by atoms with Crippen molar-refractivity contribution in [1.82, 2.24) is 15.5 Å². The molecule has 146 valence electrons. The Bertz CT molecular complexity index is 752. The maximum absolute atomic E-state index is 13.0. The van der Waals surface area contributed by atoms with Crippen LogP contribution in [0.25, 0.3) is 0 Å². The van der Waals surface area contributed by atoms with Gasteiger partial charge in [-0.05, 0) is 44.0 Å². The van der Waals surface area contributed by atoms with Crippen LogP contribution in [0.15, 0.2) is 33.7 Å². The highest BCUT2D eigenvalue weighted by molar-refractivity contribution is 8.00. The number of thioether (sulfide) groups is 1. The van der Waals surface area contributed by atoms with E-state index in [-0.39, 0.29) is 11.2 Å². The van der Waals surface area contributed by atoms with Gasteiger partial charge in [-0.2, -0.15) is 4.98 Å². The molecule has 1 amide bonds. The molecule has 0 radical (unpaired) electrons. The van der Waals surface area contributed by atoms with Gasteiger partial charge in [-0.1, -0.05) is 30.8 Å². The second-order valence-corrected chi connectivity index (χ2v) is 8.47. The summed E-state index contributed by atoms with van der Waals surface area (Å²) in [5.41, 5.74) is -0.528. The number of carbonyl (C=O) groups excluding carboxylic acids is 1. The van der Waals surface area contributed by atoms with Crippen LogP contribution >= 0.6 is 11.8 Å². The van der Waals surface area contributed by atoms with Gasteiger partial charge in [0.05, 0.1) is 12.4 Å². The molecule has 27 heavy (non-hydrogen) atoms. The Morgan fingerprint density at radius 3 is 2.44 bits per heavy atom. The molecular weight excluding hydrogens is 362 g/mol. The molecule has 1 aliphatic rings. The summed E-state index contributed by atoms with van der Waals surface area (Å²) < 4.78 is 10.4. The van der Waals surface area contributed by atoms with Crippen LogP contribution in [0.2, 0.25) is 0 Å². The van der Waals surface area contributed by atoms with Crippen molar-refractivity contribution in [2.75, 3.05) is 7.11 Å². The summed E-state index contributed by atoms with van der Waals surface area (Å²) in [4.78, 5) is 18.5. The number of rotatable bonds is 6. The van der Waals surface area contributed by atoms with Gasteiger partial charge >= 0.3 is 0 Å². The molecule has 1 saturated carbocycles. The third-order valence-electron chi connectivity index (χ3n) is 5.02. The van der Waals surface area contributed by atoms with E-state index < -0.39 is 5.54 Å². The number of aryl methyl sites for hydroxylation is 1. The van der Waals surface area contributed by atoms with Crippen LogP contribution in [0.4, 0.5) is 0 Å². The molecule has 2 aromatic rings. The van der Waals surface area contributed by atoms with Crippen molar-refractivity contribution >= 4 is 17.7 Å². The van der Waals surface area contributed by atoms with Crippen LogP contribution in [0.5, 0.6) is 5.75 Å². The second kappa shape index (κ2) is 8.78. The average Bonchev–Trinajstić information content (AvgIpc) is 2.97. The summed E-state index contributed by atoms with van der Waals surface area (Å²) in [5, 5.41) is 7.19. The number of ether oxygens (including phenoxy) is 1.